The molecule has 0 heterocycles. The molecule has 3 nitrogen and oxygen atoms in total. The summed E-state index contributed by atoms with van der Waals surface area (Å²) in [4.78, 5) is 13.7. The van der Waals surface area contributed by atoms with E-state index in [1.54, 1.807) is 18.0 Å². The monoisotopic (exact) mass is 285 g/mol. The number of amides is 1. The van der Waals surface area contributed by atoms with Crippen LogP contribution in [0.1, 0.15) is 22.8 Å². The van der Waals surface area contributed by atoms with E-state index < -0.39 is 0 Å². The van der Waals surface area contributed by atoms with Crippen molar-refractivity contribution in [3.8, 4) is 0 Å². The highest BCUT2D eigenvalue weighted by Gasteiger charge is 2.18. The molecule has 0 saturated carbocycles. The lowest BCUT2D eigenvalue weighted by Crippen LogP contribution is -2.37. The molecule has 0 spiro atoms. The van der Waals surface area contributed by atoms with E-state index in [4.69, 9.17) is 5.11 Å². The quantitative estimate of drug-likeness (QED) is 0.925. The lowest BCUT2D eigenvalue weighted by Gasteiger charge is -2.24. The van der Waals surface area contributed by atoms with Gasteiger partial charge in [-0.3, -0.25) is 4.79 Å². The van der Waals surface area contributed by atoms with Crippen molar-refractivity contribution < 1.29 is 9.90 Å². The Balaban J connectivity index is 3.00. The molecule has 0 unspecified atom stereocenters. The average Bonchev–Trinajstić information content (AvgIpc) is 2.29. The minimum absolute atomic E-state index is 0.0324. The summed E-state index contributed by atoms with van der Waals surface area (Å²) in [7, 11) is 1.70. The van der Waals surface area contributed by atoms with Crippen LogP contribution in [0.5, 0.6) is 0 Å². The van der Waals surface area contributed by atoms with E-state index in [0.29, 0.717) is 5.56 Å². The maximum atomic E-state index is 12.1. The molecule has 1 aromatic carbocycles. The highest BCUT2D eigenvalue weighted by atomic mass is 79.9. The largest absolute Gasteiger partial charge is 0.394 e. The van der Waals surface area contributed by atoms with Crippen LogP contribution in [-0.2, 0) is 0 Å². The molecule has 0 fully saturated rings. The van der Waals surface area contributed by atoms with Gasteiger partial charge in [-0.1, -0.05) is 22.0 Å². The number of nitrogens with zero attached hydrogens (tertiary/aromatic N) is 1. The summed E-state index contributed by atoms with van der Waals surface area (Å²) in [5.74, 6) is -0.0691. The number of aliphatic hydroxyl groups excluding tert-OH is 1. The van der Waals surface area contributed by atoms with Crippen molar-refractivity contribution in [3.05, 3.63) is 33.8 Å². The second kappa shape index (κ2) is 5.46. The molecule has 0 radical (unpaired) electrons. The van der Waals surface area contributed by atoms with Gasteiger partial charge in [-0.15, -0.1) is 0 Å². The number of hydrogen-bond donors (Lipinski definition) is 1. The van der Waals surface area contributed by atoms with Gasteiger partial charge in [0.1, 0.15) is 0 Å². The van der Waals surface area contributed by atoms with E-state index in [9.17, 15) is 4.79 Å². The zero-order chi connectivity index (χ0) is 12.3. The van der Waals surface area contributed by atoms with Crippen LogP contribution in [0, 0.1) is 6.92 Å². The molecule has 1 N–H and O–H groups in total. The molecular formula is C12H16BrNO2. The van der Waals surface area contributed by atoms with Gasteiger partial charge in [0.05, 0.1) is 12.6 Å². The highest BCUT2D eigenvalue weighted by molar-refractivity contribution is 9.10. The van der Waals surface area contributed by atoms with Gasteiger partial charge < -0.3 is 10.0 Å². The van der Waals surface area contributed by atoms with Gasteiger partial charge in [-0.2, -0.15) is 0 Å². The summed E-state index contributed by atoms with van der Waals surface area (Å²) in [5.41, 5.74) is 1.60. The Morgan fingerprint density at radius 1 is 1.56 bits per heavy atom. The number of halogens is 1. The summed E-state index contributed by atoms with van der Waals surface area (Å²) >= 11 is 3.35. The molecule has 1 aromatic rings. The van der Waals surface area contributed by atoms with Crippen LogP contribution in [0.15, 0.2) is 22.7 Å². The van der Waals surface area contributed by atoms with E-state index >= 15 is 0 Å². The Morgan fingerprint density at radius 3 is 2.75 bits per heavy atom. The first kappa shape index (κ1) is 13.2. The fourth-order valence-corrected chi connectivity index (χ4v) is 1.70. The topological polar surface area (TPSA) is 40.5 Å². The minimum atomic E-state index is -0.175. The molecule has 0 aliphatic heterocycles. The molecule has 4 heteroatoms. The van der Waals surface area contributed by atoms with Gasteiger partial charge in [-0.05, 0) is 31.5 Å². The molecule has 0 aliphatic carbocycles. The second-order valence-corrected chi connectivity index (χ2v) is 4.82. The van der Waals surface area contributed by atoms with E-state index in [2.05, 4.69) is 15.9 Å². The van der Waals surface area contributed by atoms with Gasteiger partial charge in [0.25, 0.3) is 5.91 Å². The first-order chi connectivity index (χ1) is 7.47. The number of likely N-dealkylation sites (N-methyl/N-ethyl adjacent to an activating group) is 1. The molecule has 1 rings (SSSR count). The molecule has 16 heavy (non-hydrogen) atoms. The third-order valence-corrected chi connectivity index (χ3v) is 3.17. The molecule has 0 bridgehead atoms. The molecule has 0 aromatic heterocycles. The minimum Gasteiger partial charge on any atom is -0.394 e. The summed E-state index contributed by atoms with van der Waals surface area (Å²) in [5, 5.41) is 9.02. The van der Waals surface area contributed by atoms with Crippen LogP contribution >= 0.6 is 15.9 Å². The van der Waals surface area contributed by atoms with E-state index in [1.807, 2.05) is 26.0 Å². The number of aryl methyl sites for hydroxylation is 1. The van der Waals surface area contributed by atoms with Gasteiger partial charge >= 0.3 is 0 Å². The van der Waals surface area contributed by atoms with Gasteiger partial charge in [-0.25, -0.2) is 0 Å². The highest BCUT2D eigenvalue weighted by Crippen LogP contribution is 2.18. The smallest absolute Gasteiger partial charge is 0.254 e. The Morgan fingerprint density at radius 2 is 2.19 bits per heavy atom. The Hall–Kier alpha value is -0.870. The van der Waals surface area contributed by atoms with Crippen molar-refractivity contribution >= 4 is 21.8 Å². The van der Waals surface area contributed by atoms with E-state index in [0.717, 1.165) is 10.0 Å². The van der Waals surface area contributed by atoms with Gasteiger partial charge in [0.15, 0.2) is 0 Å². The molecule has 1 amide bonds. The van der Waals surface area contributed by atoms with Crippen LogP contribution < -0.4 is 0 Å². The van der Waals surface area contributed by atoms with Crippen molar-refractivity contribution in [2.75, 3.05) is 13.7 Å². The number of aliphatic hydroxyl groups is 1. The predicted molar refractivity (Wildman–Crippen MR) is 67.5 cm³/mol. The third kappa shape index (κ3) is 2.83. The standard InChI is InChI=1S/C12H16BrNO2/c1-8-4-5-10(13)6-11(8)12(16)14(3)9(2)7-15/h4-6,9,15H,7H2,1-3H3/t9-/m0/s1. The van der Waals surface area contributed by atoms with Crippen LogP contribution in [0.25, 0.3) is 0 Å². The average molecular weight is 286 g/mol. The van der Waals surface area contributed by atoms with Gasteiger partial charge in [0.2, 0.25) is 0 Å². The Labute approximate surface area is 104 Å². The number of hydrogen-bond acceptors (Lipinski definition) is 2. The Bertz CT molecular complexity index is 393. The summed E-state index contributed by atoms with van der Waals surface area (Å²) in [6.07, 6.45) is 0. The number of carbonyl (C=O) groups excluding carboxylic acids is 1. The zero-order valence-electron chi connectivity index (χ0n) is 9.70. The normalized spacial score (nSPS) is 12.3. The summed E-state index contributed by atoms with van der Waals surface area (Å²) in [6, 6.07) is 5.43. The molecule has 0 aliphatic rings. The number of carbonyl (C=O) groups is 1. The predicted octanol–water partition coefficient (Wildman–Crippen LogP) is 2.21. The SMILES string of the molecule is Cc1ccc(Br)cc1C(=O)N(C)[C@@H](C)CO. The van der Waals surface area contributed by atoms with Gasteiger partial charge in [0, 0.05) is 17.1 Å². The molecule has 88 valence electrons. The lowest BCUT2D eigenvalue weighted by atomic mass is 10.1. The lowest BCUT2D eigenvalue weighted by molar-refractivity contribution is 0.0681. The Kier molecular flexibility index (Phi) is 4.50. The summed E-state index contributed by atoms with van der Waals surface area (Å²) in [6.45, 7) is 3.68. The first-order valence-electron chi connectivity index (χ1n) is 5.11. The first-order valence-corrected chi connectivity index (χ1v) is 5.90. The maximum absolute atomic E-state index is 12.1. The van der Waals surface area contributed by atoms with Crippen molar-refractivity contribution in [1.29, 1.82) is 0 Å². The number of benzene rings is 1. The number of rotatable bonds is 3. The van der Waals surface area contributed by atoms with Crippen LogP contribution in [0.3, 0.4) is 0 Å². The maximum Gasteiger partial charge on any atom is 0.254 e. The third-order valence-electron chi connectivity index (χ3n) is 2.68. The molecule has 1 atom stereocenters. The van der Waals surface area contributed by atoms with E-state index in [-0.39, 0.29) is 18.6 Å². The van der Waals surface area contributed by atoms with Crippen molar-refractivity contribution in [2.24, 2.45) is 0 Å². The van der Waals surface area contributed by atoms with Crippen LogP contribution in [0.2, 0.25) is 0 Å². The fraction of sp³-hybridized carbons (Fsp3) is 0.417. The van der Waals surface area contributed by atoms with Crippen molar-refractivity contribution in [2.45, 2.75) is 19.9 Å². The van der Waals surface area contributed by atoms with Crippen molar-refractivity contribution in [1.82, 2.24) is 4.90 Å². The van der Waals surface area contributed by atoms with Crippen LogP contribution in [-0.4, -0.2) is 35.6 Å². The molecule has 0 saturated heterocycles. The van der Waals surface area contributed by atoms with Crippen molar-refractivity contribution in [3.63, 3.8) is 0 Å². The molecular weight excluding hydrogens is 270 g/mol. The van der Waals surface area contributed by atoms with E-state index in [1.165, 1.54) is 0 Å². The zero-order valence-corrected chi connectivity index (χ0v) is 11.3. The summed E-state index contributed by atoms with van der Waals surface area (Å²) < 4.78 is 0.881. The fourth-order valence-electron chi connectivity index (χ4n) is 1.34. The second-order valence-electron chi connectivity index (χ2n) is 3.91. The van der Waals surface area contributed by atoms with Crippen LogP contribution in [0.4, 0.5) is 0 Å².